The molecule has 3 rings (SSSR count). The highest BCUT2D eigenvalue weighted by molar-refractivity contribution is 7.11. The molecule has 0 amide bonds. The van der Waals surface area contributed by atoms with Gasteiger partial charge in [0.25, 0.3) is 0 Å². The first-order chi connectivity index (χ1) is 11.1. The Morgan fingerprint density at radius 3 is 2.87 bits per heavy atom. The first-order valence-electron chi connectivity index (χ1n) is 6.90. The number of hydrogen-bond donors (Lipinski definition) is 0. The molecule has 0 radical (unpaired) electrons. The number of benzene rings is 1. The van der Waals surface area contributed by atoms with Gasteiger partial charge in [-0.3, -0.25) is 4.79 Å². The van der Waals surface area contributed by atoms with Gasteiger partial charge in [-0.25, -0.2) is 4.79 Å². The lowest BCUT2D eigenvalue weighted by Crippen LogP contribution is -2.12. The van der Waals surface area contributed by atoms with E-state index in [4.69, 9.17) is 9.47 Å². The van der Waals surface area contributed by atoms with Crippen LogP contribution in [0.4, 0.5) is 0 Å². The monoisotopic (exact) mass is 330 g/mol. The molecule has 1 aliphatic rings. The van der Waals surface area contributed by atoms with E-state index in [1.807, 2.05) is 18.4 Å². The molecule has 5 nitrogen and oxygen atoms in total. The Balaban J connectivity index is 1.81. The Morgan fingerprint density at radius 1 is 1.35 bits per heavy atom. The second-order valence-electron chi connectivity index (χ2n) is 4.93. The summed E-state index contributed by atoms with van der Waals surface area (Å²) in [5, 5.41) is 1.97. The lowest BCUT2D eigenvalue weighted by atomic mass is 10.1. The molecule has 0 aliphatic carbocycles. The van der Waals surface area contributed by atoms with Crippen molar-refractivity contribution >= 4 is 29.2 Å². The Kier molecular flexibility index (Phi) is 4.16. The minimum atomic E-state index is -0.476. The average Bonchev–Trinajstić information content (AvgIpc) is 3.09. The average molecular weight is 330 g/mol. The normalized spacial score (nSPS) is 14.5. The number of rotatable bonds is 4. The molecular weight excluding hydrogens is 316 g/mol. The Labute approximate surface area is 137 Å². The highest BCUT2D eigenvalue weighted by atomic mass is 32.1. The van der Waals surface area contributed by atoms with Crippen molar-refractivity contribution in [3.63, 3.8) is 0 Å². The van der Waals surface area contributed by atoms with Crippen molar-refractivity contribution < 1.29 is 23.8 Å². The van der Waals surface area contributed by atoms with Crippen LogP contribution in [-0.2, 0) is 9.53 Å². The molecule has 2 aromatic rings. The molecule has 0 saturated carbocycles. The number of ether oxygens (including phenoxy) is 3. The quantitative estimate of drug-likeness (QED) is 0.636. The van der Waals surface area contributed by atoms with Crippen LogP contribution in [0.15, 0.2) is 35.4 Å². The lowest BCUT2D eigenvalue weighted by Gasteiger charge is -2.05. The number of aryl methyl sites for hydroxylation is 1. The van der Waals surface area contributed by atoms with Crippen molar-refractivity contribution in [2.24, 2.45) is 0 Å². The van der Waals surface area contributed by atoms with Crippen LogP contribution in [0.2, 0.25) is 0 Å². The van der Waals surface area contributed by atoms with Gasteiger partial charge in [0.15, 0.2) is 12.4 Å². The van der Waals surface area contributed by atoms with Gasteiger partial charge in [-0.05, 0) is 36.1 Å². The van der Waals surface area contributed by atoms with Crippen molar-refractivity contribution in [3.8, 4) is 11.5 Å². The van der Waals surface area contributed by atoms with Gasteiger partial charge in [0.1, 0.15) is 11.5 Å². The van der Waals surface area contributed by atoms with Crippen molar-refractivity contribution in [3.05, 3.63) is 51.4 Å². The van der Waals surface area contributed by atoms with Crippen LogP contribution >= 0.6 is 11.3 Å². The van der Waals surface area contributed by atoms with Gasteiger partial charge in [0.2, 0.25) is 5.78 Å². The van der Waals surface area contributed by atoms with Gasteiger partial charge < -0.3 is 14.2 Å². The van der Waals surface area contributed by atoms with Crippen LogP contribution < -0.4 is 9.47 Å². The molecule has 1 aromatic heterocycles. The summed E-state index contributed by atoms with van der Waals surface area (Å²) in [4.78, 5) is 24.4. The Hall–Kier alpha value is -2.60. The van der Waals surface area contributed by atoms with Crippen molar-refractivity contribution in [2.45, 2.75) is 6.92 Å². The molecule has 1 aromatic carbocycles. The molecule has 23 heavy (non-hydrogen) atoms. The fourth-order valence-corrected chi connectivity index (χ4v) is 2.96. The first kappa shape index (κ1) is 15.3. The van der Waals surface area contributed by atoms with E-state index >= 15 is 0 Å². The highest BCUT2D eigenvalue weighted by Gasteiger charge is 2.28. The van der Waals surface area contributed by atoms with Gasteiger partial charge in [0.05, 0.1) is 12.7 Å². The second kappa shape index (κ2) is 6.26. The number of esters is 1. The van der Waals surface area contributed by atoms with E-state index in [9.17, 15) is 9.59 Å². The maximum absolute atomic E-state index is 12.4. The van der Waals surface area contributed by atoms with Crippen molar-refractivity contribution in [2.75, 3.05) is 13.7 Å². The van der Waals surface area contributed by atoms with Crippen molar-refractivity contribution in [1.82, 2.24) is 0 Å². The number of allylic oxidation sites excluding steroid dienone is 1. The van der Waals surface area contributed by atoms with E-state index in [-0.39, 0.29) is 18.1 Å². The molecule has 6 heteroatoms. The predicted molar refractivity (Wildman–Crippen MR) is 85.9 cm³/mol. The lowest BCUT2D eigenvalue weighted by molar-refractivity contribution is -0.142. The van der Waals surface area contributed by atoms with E-state index in [0.717, 1.165) is 10.4 Å². The van der Waals surface area contributed by atoms with Crippen LogP contribution in [0.5, 0.6) is 11.5 Å². The summed E-state index contributed by atoms with van der Waals surface area (Å²) >= 11 is 1.55. The summed E-state index contributed by atoms with van der Waals surface area (Å²) in [7, 11) is 1.29. The fraction of sp³-hybridized carbons (Fsp3) is 0.176. The number of carbonyl (C=O) groups is 2. The van der Waals surface area contributed by atoms with Crippen LogP contribution in [-0.4, -0.2) is 25.5 Å². The zero-order valence-electron chi connectivity index (χ0n) is 12.6. The van der Waals surface area contributed by atoms with Crippen LogP contribution in [0.3, 0.4) is 0 Å². The number of ketones is 1. The molecule has 0 unspecified atom stereocenters. The summed E-state index contributed by atoms with van der Waals surface area (Å²) < 4.78 is 15.5. The summed E-state index contributed by atoms with van der Waals surface area (Å²) in [6.45, 7) is 1.79. The number of carbonyl (C=O) groups excluding carboxylic acids is 2. The minimum absolute atomic E-state index is 0.160. The summed E-state index contributed by atoms with van der Waals surface area (Å²) in [5.41, 5.74) is 1.58. The first-order valence-corrected chi connectivity index (χ1v) is 7.78. The predicted octanol–water partition coefficient (Wildman–Crippen LogP) is 3.22. The number of methoxy groups -OCH3 is 1. The van der Waals surface area contributed by atoms with Gasteiger partial charge in [-0.15, -0.1) is 11.3 Å². The van der Waals surface area contributed by atoms with Crippen LogP contribution in [0.25, 0.3) is 6.08 Å². The third-order valence-electron chi connectivity index (χ3n) is 3.39. The van der Waals surface area contributed by atoms with E-state index in [2.05, 4.69) is 4.74 Å². The van der Waals surface area contributed by atoms with Gasteiger partial charge in [-0.1, -0.05) is 0 Å². The van der Waals surface area contributed by atoms with Gasteiger partial charge in [0, 0.05) is 17.0 Å². The molecule has 0 fully saturated rings. The smallest absolute Gasteiger partial charge is 0.343 e. The summed E-state index contributed by atoms with van der Waals surface area (Å²) in [6.07, 6.45) is 1.75. The third-order valence-corrected chi connectivity index (χ3v) is 4.36. The fourth-order valence-electron chi connectivity index (χ4n) is 2.11. The van der Waals surface area contributed by atoms with E-state index < -0.39 is 5.97 Å². The second-order valence-corrected chi connectivity index (χ2v) is 5.88. The molecule has 0 atom stereocenters. The zero-order chi connectivity index (χ0) is 16.4. The van der Waals surface area contributed by atoms with Crippen LogP contribution in [0, 0.1) is 6.92 Å². The molecule has 118 valence electrons. The maximum Gasteiger partial charge on any atom is 0.343 e. The Bertz CT molecular complexity index is 803. The molecule has 0 saturated heterocycles. The number of Topliss-reactive ketones (excluding diaryl/α,β-unsaturated/α-hetero) is 1. The van der Waals surface area contributed by atoms with Gasteiger partial charge >= 0.3 is 5.97 Å². The Morgan fingerprint density at radius 2 is 2.17 bits per heavy atom. The van der Waals surface area contributed by atoms with E-state index in [1.54, 1.807) is 35.6 Å². The highest BCUT2D eigenvalue weighted by Crippen LogP contribution is 2.35. The molecule has 0 N–H and O–H groups in total. The topological polar surface area (TPSA) is 61.8 Å². The number of hydrogen-bond acceptors (Lipinski definition) is 6. The number of fused-ring (bicyclic) bond motifs is 1. The van der Waals surface area contributed by atoms with Crippen molar-refractivity contribution in [1.29, 1.82) is 0 Å². The van der Waals surface area contributed by atoms with E-state index in [0.29, 0.717) is 17.1 Å². The molecule has 1 aliphatic heterocycles. The maximum atomic E-state index is 12.4. The van der Waals surface area contributed by atoms with Crippen LogP contribution in [0.1, 0.15) is 20.8 Å². The summed E-state index contributed by atoms with van der Waals surface area (Å²) in [6, 6.07) is 6.84. The largest absolute Gasteiger partial charge is 0.482 e. The van der Waals surface area contributed by atoms with E-state index in [1.165, 1.54) is 7.11 Å². The summed E-state index contributed by atoms with van der Waals surface area (Å²) in [5.74, 6) is 0.521. The zero-order valence-corrected chi connectivity index (χ0v) is 13.4. The number of thiophene rings is 1. The SMILES string of the molecule is COC(=O)COc1ccc2c(c1)O/C(=C\c1sccc1C)C2=O. The molecule has 0 bridgehead atoms. The molecule has 2 heterocycles. The third kappa shape index (κ3) is 3.12. The standard InChI is InChI=1S/C17H14O5S/c1-10-5-6-23-15(10)8-14-17(19)12-4-3-11(7-13(12)22-14)21-9-16(18)20-2/h3-8H,9H2,1-2H3/b14-8-. The minimum Gasteiger partial charge on any atom is -0.482 e. The molecular formula is C17H14O5S. The molecule has 0 spiro atoms. The van der Waals surface area contributed by atoms with Gasteiger partial charge in [-0.2, -0.15) is 0 Å².